The molecule has 1 aliphatic rings. The zero-order chi connectivity index (χ0) is 26.3. The van der Waals surface area contributed by atoms with Gasteiger partial charge in [-0.1, -0.05) is 77.3 Å². The average molecular weight is 558 g/mol. The lowest BCUT2D eigenvalue weighted by atomic mass is 9.87. The van der Waals surface area contributed by atoms with Crippen molar-refractivity contribution >= 4 is 27.7 Å². The van der Waals surface area contributed by atoms with Gasteiger partial charge < -0.3 is 15.0 Å². The van der Waals surface area contributed by atoms with Crippen LogP contribution >= 0.6 is 15.9 Å². The molecule has 2 amide bonds. The van der Waals surface area contributed by atoms with E-state index in [1.165, 1.54) is 12.0 Å². The second-order valence-electron chi connectivity index (χ2n) is 10.9. The largest absolute Gasteiger partial charge is 0.483 e. The van der Waals surface area contributed by atoms with Gasteiger partial charge in [0, 0.05) is 12.6 Å². The van der Waals surface area contributed by atoms with Crippen molar-refractivity contribution in [2.75, 3.05) is 6.61 Å². The van der Waals surface area contributed by atoms with Crippen molar-refractivity contribution in [2.24, 2.45) is 0 Å². The highest BCUT2D eigenvalue weighted by atomic mass is 79.9. The Morgan fingerprint density at radius 2 is 1.81 bits per heavy atom. The first-order chi connectivity index (χ1) is 17.1. The Morgan fingerprint density at radius 3 is 2.42 bits per heavy atom. The van der Waals surface area contributed by atoms with Gasteiger partial charge in [0.1, 0.15) is 11.8 Å². The molecule has 0 spiro atoms. The first-order valence-corrected chi connectivity index (χ1v) is 14.0. The molecule has 36 heavy (non-hydrogen) atoms. The first-order valence-electron chi connectivity index (χ1n) is 13.2. The average Bonchev–Trinajstić information content (AvgIpc) is 2.84. The van der Waals surface area contributed by atoms with Gasteiger partial charge in [0.25, 0.3) is 5.91 Å². The zero-order valence-corrected chi connectivity index (χ0v) is 24.0. The maximum absolute atomic E-state index is 13.6. The van der Waals surface area contributed by atoms with E-state index < -0.39 is 6.04 Å². The van der Waals surface area contributed by atoms with Crippen molar-refractivity contribution < 1.29 is 14.3 Å². The van der Waals surface area contributed by atoms with Crippen molar-refractivity contribution in [3.05, 3.63) is 63.6 Å². The topological polar surface area (TPSA) is 58.6 Å². The van der Waals surface area contributed by atoms with Gasteiger partial charge in [-0.15, -0.1) is 0 Å². The van der Waals surface area contributed by atoms with Crippen LogP contribution in [0.5, 0.6) is 5.75 Å². The van der Waals surface area contributed by atoms with E-state index in [0.717, 1.165) is 41.3 Å². The molecule has 0 heterocycles. The third kappa shape index (κ3) is 7.58. The summed E-state index contributed by atoms with van der Waals surface area (Å²) < 4.78 is 6.78. The van der Waals surface area contributed by atoms with Crippen LogP contribution in [0.4, 0.5) is 0 Å². The summed E-state index contributed by atoms with van der Waals surface area (Å²) >= 11 is 3.60. The van der Waals surface area contributed by atoms with Gasteiger partial charge in [-0.2, -0.15) is 0 Å². The number of hydrogen-bond acceptors (Lipinski definition) is 3. The van der Waals surface area contributed by atoms with Crippen LogP contribution in [0.3, 0.4) is 0 Å². The maximum atomic E-state index is 13.6. The smallest absolute Gasteiger partial charge is 0.261 e. The van der Waals surface area contributed by atoms with Gasteiger partial charge in [0.2, 0.25) is 5.91 Å². The molecular weight excluding hydrogens is 516 g/mol. The molecule has 0 radical (unpaired) electrons. The SMILES string of the molecule is CC[C@H](C(=O)NC1CCCCC1)N(Cc1ccccc1C)C(=O)COc1ccc(C(C)(C)C)cc1Br. The number of nitrogens with one attached hydrogen (secondary N) is 1. The van der Waals surface area contributed by atoms with Crippen LogP contribution in [-0.4, -0.2) is 35.4 Å². The van der Waals surface area contributed by atoms with E-state index in [1.54, 1.807) is 4.90 Å². The van der Waals surface area contributed by atoms with Crippen molar-refractivity contribution in [3.63, 3.8) is 0 Å². The van der Waals surface area contributed by atoms with Crippen LogP contribution in [0.25, 0.3) is 0 Å². The van der Waals surface area contributed by atoms with E-state index in [2.05, 4.69) is 42.0 Å². The van der Waals surface area contributed by atoms with Gasteiger partial charge in [-0.25, -0.2) is 0 Å². The fourth-order valence-electron chi connectivity index (χ4n) is 4.74. The van der Waals surface area contributed by atoms with Gasteiger partial charge >= 0.3 is 0 Å². The Labute approximate surface area is 225 Å². The number of aryl methyl sites for hydroxylation is 1. The van der Waals surface area contributed by atoms with Crippen molar-refractivity contribution in [1.29, 1.82) is 0 Å². The van der Waals surface area contributed by atoms with Gasteiger partial charge in [0.15, 0.2) is 6.61 Å². The molecule has 3 rings (SSSR count). The molecule has 0 aromatic heterocycles. The van der Waals surface area contributed by atoms with E-state index in [1.807, 2.05) is 56.3 Å². The second-order valence-corrected chi connectivity index (χ2v) is 11.8. The second kappa shape index (κ2) is 12.8. The Morgan fingerprint density at radius 1 is 1.11 bits per heavy atom. The molecule has 5 nitrogen and oxygen atoms in total. The van der Waals surface area contributed by atoms with Crippen molar-refractivity contribution in [3.8, 4) is 5.75 Å². The third-order valence-electron chi connectivity index (χ3n) is 7.09. The summed E-state index contributed by atoms with van der Waals surface area (Å²) in [6.45, 7) is 10.7. The number of halogens is 1. The van der Waals surface area contributed by atoms with Crippen LogP contribution in [-0.2, 0) is 21.5 Å². The monoisotopic (exact) mass is 556 g/mol. The molecule has 2 aromatic carbocycles. The molecule has 196 valence electrons. The Kier molecular flexibility index (Phi) is 10.0. The maximum Gasteiger partial charge on any atom is 0.261 e. The minimum atomic E-state index is -0.547. The molecule has 1 N–H and O–H groups in total. The van der Waals surface area contributed by atoms with Crippen LogP contribution in [0, 0.1) is 6.92 Å². The lowest BCUT2D eigenvalue weighted by molar-refractivity contribution is -0.143. The van der Waals surface area contributed by atoms with E-state index in [9.17, 15) is 9.59 Å². The van der Waals surface area contributed by atoms with E-state index >= 15 is 0 Å². The molecule has 1 saturated carbocycles. The minimum Gasteiger partial charge on any atom is -0.483 e. The molecule has 2 aromatic rings. The number of hydrogen-bond donors (Lipinski definition) is 1. The molecule has 1 fully saturated rings. The number of carbonyl (C=O) groups excluding carboxylic acids is 2. The van der Waals surface area contributed by atoms with Gasteiger partial charge in [-0.05, 0) is 76.4 Å². The molecule has 6 heteroatoms. The van der Waals surface area contributed by atoms with Crippen molar-refractivity contribution in [2.45, 2.75) is 97.2 Å². The molecule has 0 bridgehead atoms. The number of benzene rings is 2. The Balaban J connectivity index is 1.78. The van der Waals surface area contributed by atoms with Crippen LogP contribution in [0.2, 0.25) is 0 Å². The fourth-order valence-corrected chi connectivity index (χ4v) is 5.23. The molecular formula is C30H41BrN2O3. The van der Waals surface area contributed by atoms with Crippen LogP contribution in [0.1, 0.15) is 82.9 Å². The highest BCUT2D eigenvalue weighted by Crippen LogP contribution is 2.31. The number of carbonyl (C=O) groups is 2. The first kappa shape index (κ1) is 28.2. The number of rotatable bonds is 9. The molecule has 1 atom stereocenters. The number of ether oxygens (including phenoxy) is 1. The standard InChI is InChI=1S/C30H41BrN2O3/c1-6-26(29(35)32-24-14-8-7-9-15-24)33(19-22-13-11-10-12-21(22)2)28(34)20-36-27-17-16-23(18-25(27)31)30(3,4)5/h10-13,16-18,24,26H,6-9,14-15,19-20H2,1-5H3,(H,32,35)/t26-/m1/s1. The quantitative estimate of drug-likeness (QED) is 0.374. The predicted octanol–water partition coefficient (Wildman–Crippen LogP) is 6.69. The Hall–Kier alpha value is -2.34. The lowest BCUT2D eigenvalue weighted by Crippen LogP contribution is -2.52. The Bertz CT molecular complexity index is 1040. The summed E-state index contributed by atoms with van der Waals surface area (Å²) in [5.41, 5.74) is 3.32. The third-order valence-corrected chi connectivity index (χ3v) is 7.71. The summed E-state index contributed by atoms with van der Waals surface area (Å²) in [5, 5.41) is 3.23. The highest BCUT2D eigenvalue weighted by molar-refractivity contribution is 9.10. The molecule has 0 unspecified atom stereocenters. The zero-order valence-electron chi connectivity index (χ0n) is 22.4. The summed E-state index contributed by atoms with van der Waals surface area (Å²) in [7, 11) is 0. The number of amides is 2. The van der Waals surface area contributed by atoms with E-state index in [-0.39, 0.29) is 29.9 Å². The van der Waals surface area contributed by atoms with Crippen LogP contribution in [0.15, 0.2) is 46.9 Å². The predicted molar refractivity (Wildman–Crippen MR) is 149 cm³/mol. The van der Waals surface area contributed by atoms with E-state index in [4.69, 9.17) is 4.74 Å². The fraction of sp³-hybridized carbons (Fsp3) is 0.533. The van der Waals surface area contributed by atoms with Crippen molar-refractivity contribution in [1.82, 2.24) is 10.2 Å². The van der Waals surface area contributed by atoms with Crippen LogP contribution < -0.4 is 10.1 Å². The summed E-state index contributed by atoms with van der Waals surface area (Å²) in [6.07, 6.45) is 6.07. The highest BCUT2D eigenvalue weighted by Gasteiger charge is 2.31. The van der Waals surface area contributed by atoms with Gasteiger partial charge in [-0.3, -0.25) is 9.59 Å². The number of nitrogens with zero attached hydrogens (tertiary/aromatic N) is 1. The normalized spacial score (nSPS) is 15.3. The molecule has 0 aliphatic heterocycles. The summed E-state index contributed by atoms with van der Waals surface area (Å²) in [5.74, 6) is 0.352. The molecule has 1 aliphatic carbocycles. The minimum absolute atomic E-state index is 0.0151. The van der Waals surface area contributed by atoms with Gasteiger partial charge in [0.05, 0.1) is 4.47 Å². The van der Waals surface area contributed by atoms with E-state index in [0.29, 0.717) is 18.7 Å². The summed E-state index contributed by atoms with van der Waals surface area (Å²) in [4.78, 5) is 28.6. The lowest BCUT2D eigenvalue weighted by Gasteiger charge is -2.33. The summed E-state index contributed by atoms with van der Waals surface area (Å²) in [6, 6.07) is 13.6. The molecule has 0 saturated heterocycles.